The van der Waals surface area contributed by atoms with E-state index in [-0.39, 0.29) is 0 Å². The molecule has 0 aliphatic carbocycles. The first-order valence-corrected chi connectivity index (χ1v) is 7.41. The van der Waals surface area contributed by atoms with Gasteiger partial charge in [-0.3, -0.25) is 4.21 Å². The van der Waals surface area contributed by atoms with Crippen LogP contribution >= 0.6 is 0 Å². The Labute approximate surface area is 98.9 Å². The molecule has 0 aromatic carbocycles. The van der Waals surface area contributed by atoms with Crippen LogP contribution in [0.2, 0.25) is 0 Å². The maximum atomic E-state index is 11.3. The average Bonchev–Trinajstić information content (AvgIpc) is 2.75. The first-order valence-electron chi connectivity index (χ1n) is 5.93. The summed E-state index contributed by atoms with van der Waals surface area (Å²) in [4.78, 5) is 4.32. The van der Waals surface area contributed by atoms with Crippen molar-refractivity contribution in [3.8, 4) is 0 Å². The van der Waals surface area contributed by atoms with Crippen LogP contribution in [0.1, 0.15) is 32.2 Å². The van der Waals surface area contributed by atoms with E-state index < -0.39 is 10.8 Å². The third-order valence-electron chi connectivity index (χ3n) is 2.95. The van der Waals surface area contributed by atoms with Crippen LogP contribution in [0.15, 0.2) is 12.4 Å². The third kappa shape index (κ3) is 2.64. The van der Waals surface area contributed by atoms with Crippen molar-refractivity contribution < 1.29 is 4.21 Å². The van der Waals surface area contributed by atoms with Gasteiger partial charge in [0.2, 0.25) is 5.95 Å². The number of hydrogen-bond donors (Lipinski definition) is 1. The Bertz CT molecular complexity index is 354. The second kappa shape index (κ2) is 5.48. The number of hydrogen-bond acceptors (Lipinski definition) is 3. The Morgan fingerprint density at radius 2 is 2.31 bits per heavy atom. The molecule has 2 rings (SSSR count). The molecule has 0 spiro atoms. The maximum Gasteiger partial charge on any atom is 0.203 e. The fraction of sp³-hybridized carbons (Fsp3) is 0.727. The van der Waals surface area contributed by atoms with Crippen molar-refractivity contribution in [3.63, 3.8) is 0 Å². The normalized spacial score (nSPS) is 25.6. The lowest BCUT2D eigenvalue weighted by Crippen LogP contribution is -2.22. The van der Waals surface area contributed by atoms with Gasteiger partial charge < -0.3 is 9.88 Å². The van der Waals surface area contributed by atoms with Gasteiger partial charge in [0, 0.05) is 47.3 Å². The smallest absolute Gasteiger partial charge is 0.203 e. The molecule has 90 valence electrons. The van der Waals surface area contributed by atoms with E-state index in [4.69, 9.17) is 0 Å². The van der Waals surface area contributed by atoms with Crippen molar-refractivity contribution in [2.24, 2.45) is 0 Å². The van der Waals surface area contributed by atoms with E-state index in [1.54, 1.807) is 0 Å². The van der Waals surface area contributed by atoms with E-state index in [1.807, 2.05) is 12.4 Å². The number of anilines is 1. The molecule has 1 saturated heterocycles. The van der Waals surface area contributed by atoms with E-state index in [9.17, 15) is 4.21 Å². The summed E-state index contributed by atoms with van der Waals surface area (Å²) in [6.07, 6.45) is 6.97. The van der Waals surface area contributed by atoms with E-state index in [0.717, 1.165) is 43.3 Å². The molecule has 2 heterocycles. The summed E-state index contributed by atoms with van der Waals surface area (Å²) in [6.45, 7) is 3.10. The van der Waals surface area contributed by atoms with Crippen LogP contribution in [0.3, 0.4) is 0 Å². The van der Waals surface area contributed by atoms with Crippen molar-refractivity contribution in [1.82, 2.24) is 9.55 Å². The highest BCUT2D eigenvalue weighted by molar-refractivity contribution is 7.85. The Hall–Kier alpha value is -0.840. The Morgan fingerprint density at radius 3 is 3.00 bits per heavy atom. The zero-order valence-corrected chi connectivity index (χ0v) is 10.5. The van der Waals surface area contributed by atoms with E-state index in [2.05, 4.69) is 21.8 Å². The fourth-order valence-corrected chi connectivity index (χ4v) is 3.32. The van der Waals surface area contributed by atoms with Crippen LogP contribution in [0, 0.1) is 0 Å². The second-order valence-corrected chi connectivity index (χ2v) is 5.86. The molecule has 4 nitrogen and oxygen atoms in total. The highest BCUT2D eigenvalue weighted by Crippen LogP contribution is 2.25. The molecule has 5 heteroatoms. The minimum Gasteiger partial charge on any atom is -0.356 e. The van der Waals surface area contributed by atoms with Gasteiger partial charge in [-0.2, -0.15) is 0 Å². The van der Waals surface area contributed by atoms with Gasteiger partial charge in [0.15, 0.2) is 0 Å². The van der Waals surface area contributed by atoms with E-state index in [0.29, 0.717) is 6.04 Å². The molecule has 0 bridgehead atoms. The van der Waals surface area contributed by atoms with Crippen molar-refractivity contribution in [3.05, 3.63) is 12.4 Å². The summed E-state index contributed by atoms with van der Waals surface area (Å²) in [5.41, 5.74) is 0. The highest BCUT2D eigenvalue weighted by atomic mass is 32.2. The van der Waals surface area contributed by atoms with Gasteiger partial charge in [0.05, 0.1) is 0 Å². The minimum absolute atomic E-state index is 0.472. The Morgan fingerprint density at radius 1 is 1.56 bits per heavy atom. The topological polar surface area (TPSA) is 46.9 Å². The monoisotopic (exact) mass is 241 g/mol. The molecule has 0 radical (unpaired) electrons. The first kappa shape index (κ1) is 11.6. The van der Waals surface area contributed by atoms with Crippen molar-refractivity contribution in [2.75, 3.05) is 23.4 Å². The lowest BCUT2D eigenvalue weighted by atomic mass is 10.1. The number of nitrogens with zero attached hydrogens (tertiary/aromatic N) is 2. The lowest BCUT2D eigenvalue weighted by molar-refractivity contribution is 0.466. The zero-order valence-electron chi connectivity index (χ0n) is 9.69. The largest absolute Gasteiger partial charge is 0.356 e. The van der Waals surface area contributed by atoms with Crippen molar-refractivity contribution in [2.45, 2.75) is 32.2 Å². The van der Waals surface area contributed by atoms with Gasteiger partial charge in [-0.25, -0.2) is 4.98 Å². The quantitative estimate of drug-likeness (QED) is 0.874. The molecular formula is C11H19N3OS. The molecule has 1 aliphatic heterocycles. The Balaban J connectivity index is 2.02. The Kier molecular flexibility index (Phi) is 3.98. The number of nitrogens with one attached hydrogen (secondary N) is 1. The second-order valence-electron chi connectivity index (χ2n) is 4.16. The summed E-state index contributed by atoms with van der Waals surface area (Å²) in [5.74, 6) is 2.62. The third-order valence-corrected chi connectivity index (χ3v) is 4.33. The van der Waals surface area contributed by atoms with Crippen LogP contribution < -0.4 is 5.32 Å². The fourth-order valence-electron chi connectivity index (χ4n) is 2.04. The number of rotatable bonds is 4. The van der Waals surface area contributed by atoms with Gasteiger partial charge in [0.25, 0.3) is 0 Å². The molecule has 0 amide bonds. The SMILES string of the molecule is CCCNc1nccn1C1CCS(=O)CC1. The summed E-state index contributed by atoms with van der Waals surface area (Å²) >= 11 is 0. The van der Waals surface area contributed by atoms with Gasteiger partial charge in [-0.15, -0.1) is 0 Å². The lowest BCUT2D eigenvalue weighted by Gasteiger charge is -2.24. The molecule has 1 aromatic rings. The minimum atomic E-state index is -0.589. The summed E-state index contributed by atoms with van der Waals surface area (Å²) in [5, 5.41) is 3.33. The summed E-state index contributed by atoms with van der Waals surface area (Å²) in [7, 11) is -0.589. The standard InChI is InChI=1S/C11H19N3OS/c1-2-5-12-11-13-6-7-14(11)10-3-8-16(15)9-4-10/h6-7,10H,2-5,8-9H2,1H3,(H,12,13). The van der Waals surface area contributed by atoms with Crippen LogP contribution in [0.25, 0.3) is 0 Å². The summed E-state index contributed by atoms with van der Waals surface area (Å²) in [6, 6.07) is 0.472. The predicted molar refractivity (Wildman–Crippen MR) is 67.2 cm³/mol. The van der Waals surface area contributed by atoms with Gasteiger partial charge >= 0.3 is 0 Å². The number of imidazole rings is 1. The summed E-state index contributed by atoms with van der Waals surface area (Å²) < 4.78 is 13.5. The molecule has 0 saturated carbocycles. The van der Waals surface area contributed by atoms with Crippen molar-refractivity contribution >= 4 is 16.7 Å². The van der Waals surface area contributed by atoms with Gasteiger partial charge in [0.1, 0.15) is 0 Å². The zero-order chi connectivity index (χ0) is 11.4. The molecule has 1 N–H and O–H groups in total. The molecule has 1 fully saturated rings. The number of aromatic nitrogens is 2. The molecule has 1 aliphatic rings. The molecule has 0 unspecified atom stereocenters. The van der Waals surface area contributed by atoms with Crippen LogP contribution in [-0.2, 0) is 10.8 Å². The van der Waals surface area contributed by atoms with E-state index >= 15 is 0 Å². The van der Waals surface area contributed by atoms with Crippen LogP contribution in [-0.4, -0.2) is 31.8 Å². The van der Waals surface area contributed by atoms with E-state index in [1.165, 1.54) is 0 Å². The highest BCUT2D eigenvalue weighted by Gasteiger charge is 2.20. The maximum absolute atomic E-state index is 11.3. The molecule has 0 atom stereocenters. The van der Waals surface area contributed by atoms with Crippen LogP contribution in [0.4, 0.5) is 5.95 Å². The first-order chi connectivity index (χ1) is 7.81. The predicted octanol–water partition coefficient (Wildman–Crippen LogP) is 1.79. The molecular weight excluding hydrogens is 222 g/mol. The van der Waals surface area contributed by atoms with Gasteiger partial charge in [-0.1, -0.05) is 6.92 Å². The average molecular weight is 241 g/mol. The molecule has 16 heavy (non-hydrogen) atoms. The van der Waals surface area contributed by atoms with Gasteiger partial charge in [-0.05, 0) is 19.3 Å². The van der Waals surface area contributed by atoms with Crippen molar-refractivity contribution in [1.29, 1.82) is 0 Å². The van der Waals surface area contributed by atoms with Crippen LogP contribution in [0.5, 0.6) is 0 Å². The molecule has 1 aromatic heterocycles.